The number of nitrogens with two attached hydrogens (primary N) is 1. The van der Waals surface area contributed by atoms with Crippen LogP contribution >= 0.6 is 0 Å². The van der Waals surface area contributed by atoms with E-state index in [1.807, 2.05) is 0 Å². The van der Waals surface area contributed by atoms with Crippen LogP contribution in [0, 0.1) is 5.92 Å². The van der Waals surface area contributed by atoms with Gasteiger partial charge in [-0.05, 0) is 25.7 Å². The van der Waals surface area contributed by atoms with E-state index in [-0.39, 0.29) is 5.54 Å². The Balaban J connectivity index is 2.51. The fourth-order valence-electron chi connectivity index (χ4n) is 2.54. The van der Waals surface area contributed by atoms with Crippen molar-refractivity contribution in [1.29, 1.82) is 0 Å². The average molecular weight is 258 g/mol. The molecule has 108 valence electrons. The summed E-state index contributed by atoms with van der Waals surface area (Å²) in [5.41, 5.74) is 6.16. The van der Waals surface area contributed by atoms with Gasteiger partial charge in [-0.3, -0.25) is 4.90 Å². The Morgan fingerprint density at radius 1 is 1.17 bits per heavy atom. The minimum absolute atomic E-state index is 0.118. The van der Waals surface area contributed by atoms with Crippen LogP contribution in [0.1, 0.15) is 32.6 Å². The lowest BCUT2D eigenvalue weighted by molar-refractivity contribution is 0.0530. The summed E-state index contributed by atoms with van der Waals surface area (Å²) < 4.78 is 10.4. The molecule has 0 aliphatic heterocycles. The van der Waals surface area contributed by atoms with Gasteiger partial charge in [-0.15, -0.1) is 0 Å². The zero-order valence-electron chi connectivity index (χ0n) is 12.3. The maximum atomic E-state index is 6.05. The van der Waals surface area contributed by atoms with E-state index in [9.17, 15) is 0 Å². The van der Waals surface area contributed by atoms with Gasteiger partial charge in [-0.25, -0.2) is 0 Å². The van der Waals surface area contributed by atoms with Crippen molar-refractivity contribution in [3.05, 3.63) is 0 Å². The molecule has 0 aromatic heterocycles. The SMILES string of the molecule is COCCCN(CCOC)C(C)(CN)CC1CC1. The van der Waals surface area contributed by atoms with Gasteiger partial charge in [0.15, 0.2) is 0 Å². The third-order valence-electron chi connectivity index (χ3n) is 3.97. The van der Waals surface area contributed by atoms with Crippen molar-refractivity contribution < 1.29 is 9.47 Å². The lowest BCUT2D eigenvalue weighted by Gasteiger charge is -2.41. The third kappa shape index (κ3) is 5.22. The van der Waals surface area contributed by atoms with Gasteiger partial charge in [-0.1, -0.05) is 12.8 Å². The number of methoxy groups -OCH3 is 2. The molecule has 0 bridgehead atoms. The van der Waals surface area contributed by atoms with Gasteiger partial charge >= 0.3 is 0 Å². The predicted molar refractivity (Wildman–Crippen MR) is 74.7 cm³/mol. The first-order valence-electron chi connectivity index (χ1n) is 7.09. The van der Waals surface area contributed by atoms with Crippen molar-refractivity contribution in [2.24, 2.45) is 11.7 Å². The average Bonchev–Trinajstić information content (AvgIpc) is 3.17. The van der Waals surface area contributed by atoms with Crippen molar-refractivity contribution in [2.45, 2.75) is 38.1 Å². The molecule has 0 amide bonds. The second kappa shape index (κ2) is 8.10. The lowest BCUT2D eigenvalue weighted by Crippen LogP contribution is -2.53. The normalized spacial score (nSPS) is 19.2. The van der Waals surface area contributed by atoms with Gasteiger partial charge < -0.3 is 15.2 Å². The molecule has 1 rings (SSSR count). The molecule has 1 aliphatic carbocycles. The van der Waals surface area contributed by atoms with Gasteiger partial charge in [0.25, 0.3) is 0 Å². The fraction of sp³-hybridized carbons (Fsp3) is 1.00. The molecule has 0 radical (unpaired) electrons. The lowest BCUT2D eigenvalue weighted by atomic mass is 9.92. The molecule has 0 saturated heterocycles. The van der Waals surface area contributed by atoms with Crippen LogP contribution in [-0.2, 0) is 9.47 Å². The highest BCUT2D eigenvalue weighted by Gasteiger charge is 2.36. The van der Waals surface area contributed by atoms with E-state index in [1.54, 1.807) is 14.2 Å². The first kappa shape index (κ1) is 15.9. The number of nitrogens with zero attached hydrogens (tertiary/aromatic N) is 1. The Morgan fingerprint density at radius 2 is 1.83 bits per heavy atom. The molecule has 18 heavy (non-hydrogen) atoms. The van der Waals surface area contributed by atoms with Crippen LogP contribution in [0.3, 0.4) is 0 Å². The van der Waals surface area contributed by atoms with Crippen LogP contribution in [0.2, 0.25) is 0 Å². The summed E-state index contributed by atoms with van der Waals surface area (Å²) in [4.78, 5) is 2.49. The van der Waals surface area contributed by atoms with Crippen molar-refractivity contribution >= 4 is 0 Å². The Bertz CT molecular complexity index is 222. The number of rotatable bonds is 11. The van der Waals surface area contributed by atoms with Crippen molar-refractivity contribution in [3.63, 3.8) is 0 Å². The number of ether oxygens (including phenoxy) is 2. The van der Waals surface area contributed by atoms with E-state index in [4.69, 9.17) is 15.2 Å². The summed E-state index contributed by atoms with van der Waals surface area (Å²) in [7, 11) is 3.51. The van der Waals surface area contributed by atoms with Crippen molar-refractivity contribution in [3.8, 4) is 0 Å². The quantitative estimate of drug-likeness (QED) is 0.570. The highest BCUT2D eigenvalue weighted by molar-refractivity contribution is 4.93. The molecule has 1 fully saturated rings. The number of hydrogen-bond acceptors (Lipinski definition) is 4. The van der Waals surface area contributed by atoms with Crippen LogP contribution in [0.25, 0.3) is 0 Å². The Labute approximate surface area is 112 Å². The molecule has 1 atom stereocenters. The molecule has 0 aromatic rings. The van der Waals surface area contributed by atoms with E-state index >= 15 is 0 Å². The summed E-state index contributed by atoms with van der Waals surface area (Å²) in [5.74, 6) is 0.894. The van der Waals surface area contributed by atoms with Gasteiger partial charge in [0.05, 0.1) is 6.61 Å². The standard InChI is InChI=1S/C14H30N2O2/c1-14(12-15,11-13-5-6-13)16(8-10-18-3)7-4-9-17-2/h13H,4-12,15H2,1-3H3. The van der Waals surface area contributed by atoms with Gasteiger partial charge in [0, 0.05) is 46.0 Å². The fourth-order valence-corrected chi connectivity index (χ4v) is 2.54. The molecule has 4 nitrogen and oxygen atoms in total. The molecule has 1 saturated carbocycles. The second-order valence-corrected chi connectivity index (χ2v) is 5.67. The predicted octanol–water partition coefficient (Wildman–Crippen LogP) is 1.49. The molecule has 2 N–H and O–H groups in total. The summed E-state index contributed by atoms with van der Waals surface area (Å²) in [6.07, 6.45) is 5.04. The molecule has 0 spiro atoms. The summed E-state index contributed by atoms with van der Waals surface area (Å²) in [6.45, 7) is 6.60. The van der Waals surface area contributed by atoms with Crippen LogP contribution in [0.4, 0.5) is 0 Å². The molecule has 1 aliphatic rings. The first-order chi connectivity index (χ1) is 8.66. The highest BCUT2D eigenvalue weighted by Crippen LogP contribution is 2.38. The van der Waals surface area contributed by atoms with E-state index in [1.165, 1.54) is 19.3 Å². The Kier molecular flexibility index (Phi) is 7.15. The molecule has 4 heteroatoms. The van der Waals surface area contributed by atoms with E-state index in [0.717, 1.165) is 45.2 Å². The maximum Gasteiger partial charge on any atom is 0.0589 e. The summed E-state index contributed by atoms with van der Waals surface area (Å²) >= 11 is 0. The Morgan fingerprint density at radius 3 is 2.33 bits per heavy atom. The minimum atomic E-state index is 0.118. The van der Waals surface area contributed by atoms with Gasteiger partial charge in [0.1, 0.15) is 0 Å². The summed E-state index contributed by atoms with van der Waals surface area (Å²) in [6, 6.07) is 0. The van der Waals surface area contributed by atoms with E-state index in [2.05, 4.69) is 11.8 Å². The largest absolute Gasteiger partial charge is 0.385 e. The molecule has 1 unspecified atom stereocenters. The molecule has 0 heterocycles. The van der Waals surface area contributed by atoms with Gasteiger partial charge in [0.2, 0.25) is 0 Å². The van der Waals surface area contributed by atoms with Crippen LogP contribution in [0.5, 0.6) is 0 Å². The summed E-state index contributed by atoms with van der Waals surface area (Å²) in [5, 5.41) is 0. The smallest absolute Gasteiger partial charge is 0.0589 e. The van der Waals surface area contributed by atoms with Gasteiger partial charge in [-0.2, -0.15) is 0 Å². The van der Waals surface area contributed by atoms with Crippen molar-refractivity contribution in [1.82, 2.24) is 4.90 Å². The third-order valence-corrected chi connectivity index (χ3v) is 3.97. The monoisotopic (exact) mass is 258 g/mol. The van der Waals surface area contributed by atoms with E-state index in [0.29, 0.717) is 0 Å². The molecular formula is C14H30N2O2. The molecule has 0 aromatic carbocycles. The zero-order chi connectivity index (χ0) is 13.4. The van der Waals surface area contributed by atoms with Crippen LogP contribution in [-0.4, -0.2) is 57.5 Å². The zero-order valence-corrected chi connectivity index (χ0v) is 12.3. The first-order valence-corrected chi connectivity index (χ1v) is 7.09. The second-order valence-electron chi connectivity index (χ2n) is 5.67. The maximum absolute atomic E-state index is 6.05. The Hall–Kier alpha value is -0.160. The van der Waals surface area contributed by atoms with Crippen LogP contribution in [0.15, 0.2) is 0 Å². The number of hydrogen-bond donors (Lipinski definition) is 1. The van der Waals surface area contributed by atoms with Crippen LogP contribution < -0.4 is 5.73 Å². The molecular weight excluding hydrogens is 228 g/mol. The topological polar surface area (TPSA) is 47.7 Å². The van der Waals surface area contributed by atoms with E-state index < -0.39 is 0 Å². The van der Waals surface area contributed by atoms with Crippen molar-refractivity contribution in [2.75, 3.05) is 47.1 Å². The minimum Gasteiger partial charge on any atom is -0.385 e. The highest BCUT2D eigenvalue weighted by atomic mass is 16.5.